The van der Waals surface area contributed by atoms with Crippen molar-refractivity contribution < 1.29 is 72.1 Å². The van der Waals surface area contributed by atoms with Gasteiger partial charge in [0, 0.05) is 81.4 Å². The fourth-order valence-corrected chi connectivity index (χ4v) is 13.3. The lowest BCUT2D eigenvalue weighted by Gasteiger charge is -2.41. The second kappa shape index (κ2) is 40.0. The van der Waals surface area contributed by atoms with Crippen LogP contribution in [0, 0.1) is 41.4 Å². The number of nitrogens with zero attached hydrogens (tertiary/aromatic N) is 9. The van der Waals surface area contributed by atoms with Gasteiger partial charge >= 0.3 is 6.09 Å². The largest absolute Gasteiger partial charge is 0.447 e. The maximum atomic E-state index is 15.5. The molecule has 12 amide bonds. The van der Waals surface area contributed by atoms with Crippen LogP contribution in [0.1, 0.15) is 163 Å². The molecule has 28 nitrogen and oxygen atoms in total. The quantitative estimate of drug-likeness (QED) is 0.0916. The number of carbonyl (C=O) groups excluding carboxylic acids is 12. The van der Waals surface area contributed by atoms with Gasteiger partial charge < -0.3 is 79.9 Å². The molecule has 1 unspecified atom stereocenters. The van der Waals surface area contributed by atoms with E-state index in [0.29, 0.717) is 26.2 Å². The van der Waals surface area contributed by atoms with Crippen LogP contribution in [-0.2, 0) is 62.2 Å². The summed E-state index contributed by atoms with van der Waals surface area (Å²) in [5.41, 5.74) is 0. The van der Waals surface area contributed by atoms with E-state index in [2.05, 4.69) is 26.2 Å². The zero-order valence-electron chi connectivity index (χ0n) is 64.8. The summed E-state index contributed by atoms with van der Waals surface area (Å²) in [6, 6.07) is -14.2. The lowest BCUT2D eigenvalue weighted by Crippen LogP contribution is -2.64. The highest BCUT2D eigenvalue weighted by atomic mass is 16.6. The monoisotopic (exact) mass is 1410 g/mol. The zero-order valence-corrected chi connectivity index (χ0v) is 64.8. The van der Waals surface area contributed by atoms with E-state index in [0.717, 1.165) is 4.90 Å². The molecule has 3 heterocycles. The number of fused-ring (bicyclic) bond motifs is 1. The number of hydrogen-bond acceptors (Lipinski definition) is 16. The molecule has 0 bridgehead atoms. The van der Waals surface area contributed by atoms with Crippen molar-refractivity contribution in [1.82, 2.24) is 65.4 Å². The predicted octanol–water partition coefficient (Wildman–Crippen LogP) is 3.18. The van der Waals surface area contributed by atoms with E-state index in [1.165, 1.54) is 85.5 Å². The highest BCUT2D eigenvalue weighted by Gasteiger charge is 2.49. The van der Waals surface area contributed by atoms with Gasteiger partial charge in [-0.05, 0) is 108 Å². The van der Waals surface area contributed by atoms with Crippen LogP contribution >= 0.6 is 0 Å². The summed E-state index contributed by atoms with van der Waals surface area (Å²) >= 11 is 0. The van der Waals surface area contributed by atoms with Gasteiger partial charge in [-0.1, -0.05) is 109 Å². The van der Waals surface area contributed by atoms with Crippen LogP contribution < -0.4 is 21.3 Å². The maximum absolute atomic E-state index is 15.5. The molecule has 14 atom stereocenters. The molecule has 3 fully saturated rings. The Morgan fingerprint density at radius 1 is 0.510 bits per heavy atom. The van der Waals surface area contributed by atoms with Crippen molar-refractivity contribution in [2.75, 3.05) is 95.3 Å². The van der Waals surface area contributed by atoms with Gasteiger partial charge in [0.1, 0.15) is 73.1 Å². The van der Waals surface area contributed by atoms with Crippen LogP contribution in [0.4, 0.5) is 4.79 Å². The van der Waals surface area contributed by atoms with E-state index >= 15 is 33.6 Å². The Bertz CT molecular complexity index is 2810. The average molecular weight is 1410 g/mol. The summed E-state index contributed by atoms with van der Waals surface area (Å²) in [5, 5.41) is 23.5. The molecule has 3 saturated heterocycles. The van der Waals surface area contributed by atoms with Crippen molar-refractivity contribution >= 4 is 71.1 Å². The first-order valence-electron chi connectivity index (χ1n) is 36.2. The first-order valence-corrected chi connectivity index (χ1v) is 36.2. The Hall–Kier alpha value is -6.94. The molecule has 570 valence electrons. The van der Waals surface area contributed by atoms with Gasteiger partial charge in [0.25, 0.3) is 0 Å². The summed E-state index contributed by atoms with van der Waals surface area (Å²) in [6.45, 7) is 31.6. The minimum atomic E-state index is -1.69. The van der Waals surface area contributed by atoms with Crippen molar-refractivity contribution in [3.05, 3.63) is 12.2 Å². The normalized spacial score (nSPS) is 27.8. The topological polar surface area (TPSA) is 321 Å². The molecule has 0 aliphatic carbocycles. The first kappa shape index (κ1) is 87.3. The van der Waals surface area contributed by atoms with Crippen molar-refractivity contribution in [3.63, 3.8) is 0 Å². The SMILES string of the molecule is C/C=C/C[C@@H](C)[C@@H](O)[C@H]1C(=O)N[C@@H](CC)C(=O)N2CC(OCCOC(=O)N3CCN(C)CC3)C[C@@H]2C(=O)N(C)[C@@H](CC(C)C)C(=O)N[C@@H](C(C)C)C(=O)N(C)[C@@H](CC(C)C)C(=O)N[C@@H](C)C(=O)N[C@H](C)C(=O)N(C)[C@@H](CC(C)C)C(=O)N(C)[C@@H](CC(C)C)C(=O)N(C)[C@@H](C(C)C)C(=O)N1C. The molecule has 3 aliphatic rings. The lowest BCUT2D eigenvalue weighted by atomic mass is 9.91. The van der Waals surface area contributed by atoms with Crippen LogP contribution in [0.25, 0.3) is 0 Å². The molecule has 0 saturated carbocycles. The number of hydrogen-bond donors (Lipinski definition) is 5. The standard InChI is InChI=1S/C72H127N13O15/c1-25-27-28-47(15)60(86)59-64(90)75-51(26-2)66(92)85-40-50(99-33-34-100-72(98)84-31-29-77(18)30-32-84)39-56(85)69(95)78(19)53(36-42(5)6)63(89)76-57(45(11)12)70(96)79(20)52(35-41(3)4)62(88)73-48(16)61(87)74-49(17)65(91)80(21)54(37-43(7)8)67(93)81(22)55(38-44(9)10)68(94)82(23)58(46(13)14)71(97)83(59)24/h25,27,41-60,86H,26,28-40H2,1-24H3,(H,73,88)(H,74,87)(H,75,90)(H,76,89)/b27-25+/t47-,48+,49-,50?,51+,52+,53+,54+,55+,56-,57+,58+,59+,60-/m1/s1. The second-order valence-corrected chi connectivity index (χ2v) is 30.5. The summed E-state index contributed by atoms with van der Waals surface area (Å²) in [6.07, 6.45) is 1.26. The fourth-order valence-electron chi connectivity index (χ4n) is 13.3. The highest BCUT2D eigenvalue weighted by Crippen LogP contribution is 2.29. The smallest absolute Gasteiger partial charge is 0.409 e. The van der Waals surface area contributed by atoms with Crippen LogP contribution in [-0.4, -0.2) is 294 Å². The maximum Gasteiger partial charge on any atom is 0.409 e. The number of aliphatic hydroxyl groups is 1. The highest BCUT2D eigenvalue weighted by molar-refractivity contribution is 6.00. The molecule has 100 heavy (non-hydrogen) atoms. The molecular weight excluding hydrogens is 1290 g/mol. The molecular formula is C72H127N13O15. The number of aliphatic hydroxyl groups excluding tert-OH is 1. The Balaban J connectivity index is 2.37. The molecule has 3 aliphatic heterocycles. The fraction of sp³-hybridized carbons (Fsp3) is 0.806. The molecule has 0 aromatic rings. The Kier molecular flexibility index (Phi) is 35.0. The average Bonchev–Trinajstić information content (AvgIpc) is 1.37. The van der Waals surface area contributed by atoms with Crippen molar-refractivity contribution in [1.29, 1.82) is 0 Å². The number of allylic oxidation sites excluding steroid dienone is 2. The van der Waals surface area contributed by atoms with Crippen LogP contribution in [0.3, 0.4) is 0 Å². The Labute approximate surface area is 596 Å². The molecule has 5 N–H and O–H groups in total. The van der Waals surface area contributed by atoms with Gasteiger partial charge in [0.15, 0.2) is 0 Å². The van der Waals surface area contributed by atoms with Crippen LogP contribution in [0.2, 0.25) is 0 Å². The second-order valence-electron chi connectivity index (χ2n) is 30.5. The Morgan fingerprint density at radius 2 is 0.970 bits per heavy atom. The van der Waals surface area contributed by atoms with Crippen molar-refractivity contribution in [2.45, 2.75) is 241 Å². The number of carbonyl (C=O) groups is 12. The number of ether oxygens (including phenoxy) is 2. The molecule has 0 radical (unpaired) electrons. The van der Waals surface area contributed by atoms with Crippen molar-refractivity contribution in [2.24, 2.45) is 41.4 Å². The van der Waals surface area contributed by atoms with Crippen LogP contribution in [0.15, 0.2) is 12.2 Å². The van der Waals surface area contributed by atoms with E-state index in [1.807, 2.05) is 62.4 Å². The number of rotatable bonds is 19. The minimum Gasteiger partial charge on any atom is -0.447 e. The predicted molar refractivity (Wildman–Crippen MR) is 381 cm³/mol. The van der Waals surface area contributed by atoms with E-state index in [-0.39, 0.29) is 88.4 Å². The van der Waals surface area contributed by atoms with Crippen LogP contribution in [0.5, 0.6) is 0 Å². The molecule has 28 heteroatoms. The van der Waals surface area contributed by atoms with Gasteiger partial charge in [0.2, 0.25) is 65.0 Å². The summed E-state index contributed by atoms with van der Waals surface area (Å²) < 4.78 is 11.9. The summed E-state index contributed by atoms with van der Waals surface area (Å²) in [4.78, 5) is 190. The first-order chi connectivity index (χ1) is 46.6. The van der Waals surface area contributed by atoms with Gasteiger partial charge in [-0.25, -0.2) is 4.79 Å². The minimum absolute atomic E-state index is 0.0539. The molecule has 0 aromatic heterocycles. The van der Waals surface area contributed by atoms with Gasteiger partial charge in [-0.15, -0.1) is 0 Å². The number of amides is 12. The third-order valence-corrected chi connectivity index (χ3v) is 19.5. The van der Waals surface area contributed by atoms with E-state index in [4.69, 9.17) is 9.47 Å². The van der Waals surface area contributed by atoms with E-state index in [9.17, 15) is 29.1 Å². The zero-order chi connectivity index (χ0) is 76.2. The summed E-state index contributed by atoms with van der Waals surface area (Å²) in [7, 11) is 10.5. The summed E-state index contributed by atoms with van der Waals surface area (Å²) in [5.74, 6) is -10.4. The lowest BCUT2D eigenvalue weighted by molar-refractivity contribution is -0.157. The number of likely N-dealkylation sites (N-methyl/N-ethyl adjacent to an activating group) is 7. The van der Waals surface area contributed by atoms with E-state index in [1.54, 1.807) is 65.5 Å². The van der Waals surface area contributed by atoms with Gasteiger partial charge in [0.05, 0.1) is 18.8 Å². The molecule has 3 rings (SSSR count). The van der Waals surface area contributed by atoms with Crippen molar-refractivity contribution in [3.8, 4) is 0 Å². The Morgan fingerprint density at radius 3 is 1.46 bits per heavy atom. The number of piperazine rings is 1. The third-order valence-electron chi connectivity index (χ3n) is 19.5. The van der Waals surface area contributed by atoms with E-state index < -0.39 is 167 Å². The number of nitrogens with one attached hydrogen (secondary N) is 4. The third kappa shape index (κ3) is 23.8. The molecule has 0 aromatic carbocycles. The molecule has 0 spiro atoms. The van der Waals surface area contributed by atoms with Gasteiger partial charge in [-0.2, -0.15) is 0 Å². The van der Waals surface area contributed by atoms with Gasteiger partial charge in [-0.3, -0.25) is 52.7 Å².